The molecule has 0 aromatic carbocycles. The third-order valence-corrected chi connectivity index (χ3v) is 8.33. The summed E-state index contributed by atoms with van der Waals surface area (Å²) in [5.74, 6) is 5.58. The van der Waals surface area contributed by atoms with E-state index in [1.54, 1.807) is 40.7 Å². The molecule has 6 aromatic heterocycles. The molecule has 23 nitrogen and oxygen atoms in total. The maximum absolute atomic E-state index is 11.4. The Kier molecular flexibility index (Phi) is 32.8. The highest BCUT2D eigenvalue weighted by atomic mass is 36.0. The van der Waals surface area contributed by atoms with Gasteiger partial charge >= 0.3 is 0 Å². The highest BCUT2D eigenvalue weighted by molar-refractivity contribution is 8.26. The Morgan fingerprint density at radius 2 is 0.986 bits per heavy atom. The second kappa shape index (κ2) is 34.9. The molecule has 27 heteroatoms. The quantitative estimate of drug-likeness (QED) is 0.0655. The van der Waals surface area contributed by atoms with Crippen LogP contribution >= 0.6 is 33.0 Å². The molecule has 70 heavy (non-hydrogen) atoms. The van der Waals surface area contributed by atoms with Gasteiger partial charge in [0.15, 0.2) is 33.9 Å². The van der Waals surface area contributed by atoms with Crippen LogP contribution in [0.15, 0.2) is 106 Å². The van der Waals surface area contributed by atoms with Crippen molar-refractivity contribution in [3.8, 4) is 23.0 Å². The van der Waals surface area contributed by atoms with E-state index in [9.17, 15) is 28.8 Å². The van der Waals surface area contributed by atoms with Gasteiger partial charge in [-0.15, -0.1) is 11.6 Å². The van der Waals surface area contributed by atoms with E-state index < -0.39 is 54.8 Å². The lowest BCUT2D eigenvalue weighted by Gasteiger charge is -2.13. The maximum atomic E-state index is 11.4. The van der Waals surface area contributed by atoms with Crippen molar-refractivity contribution in [2.45, 2.75) is 73.8 Å². The van der Waals surface area contributed by atoms with Gasteiger partial charge in [-0.25, -0.2) is 10.1 Å². The average Bonchev–Trinajstić information content (AvgIpc) is 3.31. The van der Waals surface area contributed by atoms with E-state index in [-0.39, 0.29) is 53.8 Å². The molecule has 6 aromatic rings. The molecule has 0 saturated carbocycles. The highest BCUT2D eigenvalue weighted by Gasteiger charge is 2.09. The van der Waals surface area contributed by atoms with Gasteiger partial charge in [-0.2, -0.15) is 0 Å². The molecule has 0 aliphatic carbocycles. The average molecular weight is 1070 g/mol. The molecule has 388 valence electrons. The molecule has 0 saturated heterocycles. The molecule has 0 aliphatic heterocycles. The zero-order chi connectivity index (χ0) is 54.4. The third-order valence-electron chi connectivity index (χ3n) is 8.07. The largest absolute Gasteiger partial charge is 0.502 e. The van der Waals surface area contributed by atoms with Crippen LogP contribution in [-0.2, 0) is 53.4 Å². The van der Waals surface area contributed by atoms with Gasteiger partial charge < -0.3 is 68.1 Å². The first kappa shape index (κ1) is 65.8. The van der Waals surface area contributed by atoms with Crippen molar-refractivity contribution in [3.63, 3.8) is 0 Å². The van der Waals surface area contributed by atoms with Gasteiger partial charge in [0.05, 0.1) is 11.6 Å². The SMILES string of the molecule is CN.Cc1c(CON)n(C)c(C)cc1=O.Cc1cc(=O)c(C)c(CO)o1.Cc1cc(=O)c(O)c(CO)o1.Cc1cc(=O)c(O)co1.O=S(Cl)Cl.O=c1cc(CCl)occ1O.O=c1cc(CO)occ1O. The van der Waals surface area contributed by atoms with E-state index in [1.165, 1.54) is 19.2 Å². The Bertz CT molecular complexity index is 2800. The van der Waals surface area contributed by atoms with Crippen LogP contribution in [0.5, 0.6) is 23.0 Å². The van der Waals surface area contributed by atoms with Crippen molar-refractivity contribution >= 4 is 42.2 Å². The number of pyridine rings is 1. The summed E-state index contributed by atoms with van der Waals surface area (Å²) in [7, 11) is 10.7. The fourth-order valence-electron chi connectivity index (χ4n) is 4.48. The van der Waals surface area contributed by atoms with Gasteiger partial charge in [0.25, 0.3) is 0 Å². The Labute approximate surface area is 414 Å². The molecule has 0 bridgehead atoms. The molecule has 0 amide bonds. The lowest BCUT2D eigenvalue weighted by Crippen LogP contribution is -2.18. The monoisotopic (exact) mass is 1070 g/mol. The number of aryl methyl sites for hydroxylation is 4. The van der Waals surface area contributed by atoms with Crippen LogP contribution in [0.25, 0.3) is 0 Å². The fraction of sp³-hybridized carbons (Fsp3) is 0.302. The number of aromatic nitrogens is 1. The first-order valence-corrected chi connectivity index (χ1v) is 22.6. The van der Waals surface area contributed by atoms with Crippen molar-refractivity contribution in [2.24, 2.45) is 18.7 Å². The normalized spacial score (nSPS) is 9.67. The number of nitrogens with two attached hydrogens (primary N) is 2. The van der Waals surface area contributed by atoms with Crippen molar-refractivity contribution in [2.75, 3.05) is 7.05 Å². The number of aliphatic hydroxyl groups is 3. The van der Waals surface area contributed by atoms with Crippen molar-refractivity contribution in [1.82, 2.24) is 4.57 Å². The number of hydrogen-bond donors (Lipinski definition) is 9. The number of aromatic hydroxyl groups is 4. The fourth-order valence-corrected chi connectivity index (χ4v) is 4.62. The van der Waals surface area contributed by atoms with Gasteiger partial charge in [-0.1, -0.05) is 0 Å². The summed E-state index contributed by atoms with van der Waals surface area (Å²) in [6.07, 6.45) is 2.89. The molecule has 11 N–H and O–H groups in total. The molecule has 0 spiro atoms. The minimum Gasteiger partial charge on any atom is -0.502 e. The van der Waals surface area contributed by atoms with Gasteiger partial charge in [-0.05, 0) is 48.6 Å². The number of nitrogens with zero attached hydrogens (tertiary/aromatic N) is 1. The molecule has 6 heterocycles. The number of rotatable bonds is 6. The highest BCUT2D eigenvalue weighted by Crippen LogP contribution is 2.12. The molecule has 0 unspecified atom stereocenters. The summed E-state index contributed by atoms with van der Waals surface area (Å²) in [6.45, 7) is 9.41. The lowest BCUT2D eigenvalue weighted by molar-refractivity contribution is 0.118. The number of alkyl halides is 1. The smallest absolute Gasteiger partial charge is 0.227 e. The number of halogens is 3. The van der Waals surface area contributed by atoms with Crippen LogP contribution in [0.1, 0.15) is 62.8 Å². The second-order valence-corrected chi connectivity index (χ2v) is 15.9. The topological polar surface area (TPSA) is 393 Å². The van der Waals surface area contributed by atoms with Crippen LogP contribution in [0.4, 0.5) is 0 Å². The zero-order valence-corrected chi connectivity index (χ0v) is 41.9. The second-order valence-electron chi connectivity index (χ2n) is 13.1. The Morgan fingerprint density at radius 3 is 1.40 bits per heavy atom. The Hall–Kier alpha value is -6.32. The van der Waals surface area contributed by atoms with Crippen LogP contribution < -0.4 is 44.2 Å². The van der Waals surface area contributed by atoms with Crippen LogP contribution in [0.2, 0.25) is 0 Å². The molecule has 0 radical (unpaired) electrons. The summed E-state index contributed by atoms with van der Waals surface area (Å²) in [5, 5.41) is 60.7. The number of hydrogen-bond acceptors (Lipinski definition) is 22. The Balaban J connectivity index is 0. The van der Waals surface area contributed by atoms with Crippen LogP contribution in [0, 0.1) is 41.5 Å². The molecule has 0 fully saturated rings. The van der Waals surface area contributed by atoms with Crippen LogP contribution in [0.3, 0.4) is 0 Å². The standard InChI is InChI=1S/C9H14N2O2.C8H10O3.C7H8O4.C6H5ClO3.C6H6O4.C6H6O3.CH5N.Cl2OS/c1-6-4-9(12)7(2)8(5-13-10)11(6)3;1-5-3-7(10)6(2)8(4-9)11-5;1-4-2-5(9)7(10)6(3-8)11-4;2*7-2-4-1-5(8)6(9)3-10-4;1-4-2-5(7)6(8)3-9-4;1-2;1-4(2)3/h4H,5,10H2,1-3H3;3,9H,4H2,1-2H3;2,8,10H,3H2,1H3;1,3,9H,2H2;1,3,7,9H,2H2;2-3,8H,1H3;2H2,1H3;. The molecule has 6 rings (SSSR count). The Morgan fingerprint density at radius 1 is 0.586 bits per heavy atom. The predicted molar refractivity (Wildman–Crippen MR) is 258 cm³/mol. The van der Waals surface area contributed by atoms with Crippen LogP contribution in [-0.4, -0.2) is 51.6 Å². The van der Waals surface area contributed by atoms with Gasteiger partial charge in [0.1, 0.15) is 79.8 Å². The van der Waals surface area contributed by atoms with E-state index in [2.05, 4.69) is 40.8 Å². The predicted octanol–water partition coefficient (Wildman–Crippen LogP) is 3.48. The minimum atomic E-state index is -1.67. The van der Waals surface area contributed by atoms with E-state index >= 15 is 0 Å². The minimum absolute atomic E-state index is 0.0302. The molecular formula is C43H54Cl3N3O20S. The van der Waals surface area contributed by atoms with Crippen molar-refractivity contribution < 1.29 is 66.9 Å². The van der Waals surface area contributed by atoms with E-state index in [0.29, 0.717) is 39.9 Å². The van der Waals surface area contributed by atoms with Gasteiger partial charge in [-0.3, -0.25) is 33.6 Å². The van der Waals surface area contributed by atoms with E-state index in [4.69, 9.17) is 70.7 Å². The van der Waals surface area contributed by atoms with E-state index in [0.717, 1.165) is 48.4 Å². The van der Waals surface area contributed by atoms with Gasteiger partial charge in [0.2, 0.25) is 36.7 Å². The van der Waals surface area contributed by atoms with Crippen molar-refractivity contribution in [3.05, 3.63) is 179 Å². The summed E-state index contributed by atoms with van der Waals surface area (Å²) >= 11 is 5.34. The summed E-state index contributed by atoms with van der Waals surface area (Å²) in [6, 6.07) is 7.60. The lowest BCUT2D eigenvalue weighted by atomic mass is 10.2. The third kappa shape index (κ3) is 24.8. The molecule has 0 atom stereocenters. The summed E-state index contributed by atoms with van der Waals surface area (Å²) < 4.78 is 34.9. The summed E-state index contributed by atoms with van der Waals surface area (Å²) in [4.78, 5) is 69.5. The maximum Gasteiger partial charge on any atom is 0.227 e. The first-order chi connectivity index (χ1) is 32.8. The molecular weight excluding hydrogens is 1020 g/mol. The van der Waals surface area contributed by atoms with Gasteiger partial charge in [0, 0.05) is 81.6 Å². The van der Waals surface area contributed by atoms with Crippen molar-refractivity contribution in [1.29, 1.82) is 0 Å². The number of aliphatic hydroxyl groups excluding tert-OH is 3. The summed E-state index contributed by atoms with van der Waals surface area (Å²) in [5.41, 5.74) is 5.40. The van der Waals surface area contributed by atoms with E-state index in [1.807, 2.05) is 18.5 Å². The zero-order valence-electron chi connectivity index (χ0n) is 38.8. The molecule has 0 aliphatic rings. The first-order valence-electron chi connectivity index (χ1n) is 19.3.